The molecule has 2 aromatic rings. The van der Waals surface area contributed by atoms with E-state index in [1.807, 2.05) is 43.3 Å². The van der Waals surface area contributed by atoms with E-state index in [1.165, 1.54) is 6.92 Å². The molecule has 1 aromatic heterocycles. The van der Waals surface area contributed by atoms with Crippen LogP contribution in [-0.2, 0) is 4.79 Å². The topological polar surface area (TPSA) is 39.2 Å². The quantitative estimate of drug-likeness (QED) is 0.585. The van der Waals surface area contributed by atoms with Crippen LogP contribution in [0.25, 0.3) is 11.3 Å². The Labute approximate surface area is 100 Å². The van der Waals surface area contributed by atoms with Gasteiger partial charge in [0.1, 0.15) is 5.75 Å². The first kappa shape index (κ1) is 11.3. The first-order valence-electron chi connectivity index (χ1n) is 5.37. The Morgan fingerprint density at radius 3 is 2.71 bits per heavy atom. The summed E-state index contributed by atoms with van der Waals surface area (Å²) in [6, 6.07) is 11.4. The van der Waals surface area contributed by atoms with E-state index in [4.69, 9.17) is 4.74 Å². The molecule has 0 spiro atoms. The highest BCUT2D eigenvalue weighted by molar-refractivity contribution is 5.75. The maximum absolute atomic E-state index is 11.1. The zero-order chi connectivity index (χ0) is 12.3. The van der Waals surface area contributed by atoms with E-state index >= 15 is 0 Å². The lowest BCUT2D eigenvalue weighted by Crippen LogP contribution is -2.03. The van der Waals surface area contributed by atoms with Crippen LogP contribution in [0.1, 0.15) is 12.5 Å². The molecule has 2 rings (SSSR count). The van der Waals surface area contributed by atoms with Gasteiger partial charge in [-0.05, 0) is 36.8 Å². The number of ether oxygens (including phenoxy) is 1. The summed E-state index contributed by atoms with van der Waals surface area (Å²) in [5.41, 5.74) is 2.66. The Kier molecular flexibility index (Phi) is 3.19. The van der Waals surface area contributed by atoms with Crippen LogP contribution in [0.5, 0.6) is 5.75 Å². The number of rotatable bonds is 2. The van der Waals surface area contributed by atoms with Crippen molar-refractivity contribution < 1.29 is 9.53 Å². The molecule has 3 nitrogen and oxygen atoms in total. The lowest BCUT2D eigenvalue weighted by Gasteiger charge is -2.09. The van der Waals surface area contributed by atoms with Crippen LogP contribution in [0.2, 0.25) is 0 Å². The van der Waals surface area contributed by atoms with Gasteiger partial charge in [-0.3, -0.25) is 9.78 Å². The minimum absolute atomic E-state index is 0.326. The highest BCUT2D eigenvalue weighted by Crippen LogP contribution is 2.29. The second-order valence-electron chi connectivity index (χ2n) is 3.81. The Hall–Kier alpha value is -2.16. The van der Waals surface area contributed by atoms with Gasteiger partial charge in [0.05, 0.1) is 5.69 Å². The monoisotopic (exact) mass is 227 g/mol. The molecule has 0 aliphatic carbocycles. The summed E-state index contributed by atoms with van der Waals surface area (Å²) in [6.07, 6.45) is 1.72. The van der Waals surface area contributed by atoms with E-state index in [2.05, 4.69) is 4.98 Å². The van der Waals surface area contributed by atoms with Crippen LogP contribution in [0.15, 0.2) is 42.6 Å². The molecule has 17 heavy (non-hydrogen) atoms. The van der Waals surface area contributed by atoms with Gasteiger partial charge in [0, 0.05) is 18.7 Å². The van der Waals surface area contributed by atoms with Gasteiger partial charge in [-0.2, -0.15) is 0 Å². The maximum atomic E-state index is 11.1. The van der Waals surface area contributed by atoms with E-state index in [-0.39, 0.29) is 5.97 Å². The molecular formula is C14H13NO2. The number of hydrogen-bond acceptors (Lipinski definition) is 3. The molecule has 0 unspecified atom stereocenters. The summed E-state index contributed by atoms with van der Waals surface area (Å²) < 4.78 is 5.20. The first-order valence-corrected chi connectivity index (χ1v) is 5.37. The number of pyridine rings is 1. The van der Waals surface area contributed by atoms with Crippen LogP contribution in [-0.4, -0.2) is 11.0 Å². The normalized spacial score (nSPS) is 10.0. The number of hydrogen-bond donors (Lipinski definition) is 0. The van der Waals surface area contributed by atoms with Crippen LogP contribution in [0, 0.1) is 6.92 Å². The minimum atomic E-state index is -0.326. The van der Waals surface area contributed by atoms with Gasteiger partial charge in [-0.25, -0.2) is 0 Å². The fraction of sp³-hybridized carbons (Fsp3) is 0.143. The van der Waals surface area contributed by atoms with Crippen molar-refractivity contribution >= 4 is 5.97 Å². The molecular weight excluding hydrogens is 214 g/mol. The molecule has 0 saturated carbocycles. The van der Waals surface area contributed by atoms with E-state index < -0.39 is 0 Å². The zero-order valence-corrected chi connectivity index (χ0v) is 9.81. The largest absolute Gasteiger partial charge is 0.426 e. The average molecular weight is 227 g/mol. The van der Waals surface area contributed by atoms with Gasteiger partial charge >= 0.3 is 5.97 Å². The lowest BCUT2D eigenvalue weighted by molar-refractivity contribution is -0.131. The van der Waals surface area contributed by atoms with E-state index in [9.17, 15) is 4.79 Å². The second-order valence-corrected chi connectivity index (χ2v) is 3.81. The van der Waals surface area contributed by atoms with E-state index in [0.717, 1.165) is 16.8 Å². The van der Waals surface area contributed by atoms with Gasteiger partial charge in [0.2, 0.25) is 0 Å². The fourth-order valence-electron chi connectivity index (χ4n) is 1.60. The predicted octanol–water partition coefficient (Wildman–Crippen LogP) is 2.98. The van der Waals surface area contributed by atoms with Crippen molar-refractivity contribution in [3.8, 4) is 17.0 Å². The second kappa shape index (κ2) is 4.78. The average Bonchev–Trinajstić information content (AvgIpc) is 2.29. The summed E-state index contributed by atoms with van der Waals surface area (Å²) >= 11 is 0. The summed E-state index contributed by atoms with van der Waals surface area (Å²) in [6.45, 7) is 3.35. The third kappa shape index (κ3) is 2.69. The smallest absolute Gasteiger partial charge is 0.308 e. The van der Waals surface area contributed by atoms with Crippen molar-refractivity contribution in [3.05, 3.63) is 48.2 Å². The molecule has 1 aromatic carbocycles. The first-order chi connectivity index (χ1) is 8.16. The number of esters is 1. The molecule has 1 heterocycles. The molecule has 0 atom stereocenters. The van der Waals surface area contributed by atoms with Crippen molar-refractivity contribution in [1.29, 1.82) is 0 Å². The van der Waals surface area contributed by atoms with Gasteiger partial charge < -0.3 is 4.74 Å². The van der Waals surface area contributed by atoms with Crippen molar-refractivity contribution in [2.24, 2.45) is 0 Å². The zero-order valence-electron chi connectivity index (χ0n) is 9.81. The van der Waals surface area contributed by atoms with E-state index in [0.29, 0.717) is 5.75 Å². The van der Waals surface area contributed by atoms with Gasteiger partial charge in [-0.15, -0.1) is 0 Å². The molecule has 0 bridgehead atoms. The summed E-state index contributed by atoms with van der Waals surface area (Å²) in [4.78, 5) is 15.3. The number of aryl methyl sites for hydroxylation is 1. The number of carbonyl (C=O) groups is 1. The standard InChI is InChI=1S/C14H13NO2/c1-10-6-7-12(13-5-3-4-8-15-13)14(9-10)17-11(2)16/h3-9H,1-2H3. The number of aromatic nitrogens is 1. The third-order valence-electron chi connectivity index (χ3n) is 2.33. The van der Waals surface area contributed by atoms with Crippen molar-refractivity contribution in [2.75, 3.05) is 0 Å². The Balaban J connectivity index is 2.50. The molecule has 0 aliphatic rings. The van der Waals surface area contributed by atoms with Crippen LogP contribution in [0.3, 0.4) is 0 Å². The van der Waals surface area contributed by atoms with Crippen LogP contribution in [0.4, 0.5) is 0 Å². The lowest BCUT2D eigenvalue weighted by atomic mass is 10.1. The van der Waals surface area contributed by atoms with Crippen molar-refractivity contribution in [1.82, 2.24) is 4.98 Å². The molecule has 0 N–H and O–H groups in total. The molecule has 86 valence electrons. The molecule has 0 radical (unpaired) electrons. The van der Waals surface area contributed by atoms with Gasteiger partial charge in [-0.1, -0.05) is 12.1 Å². The molecule has 0 amide bonds. The Morgan fingerprint density at radius 2 is 2.06 bits per heavy atom. The summed E-state index contributed by atoms with van der Waals surface area (Å²) in [7, 11) is 0. The molecule has 0 fully saturated rings. The van der Waals surface area contributed by atoms with Crippen molar-refractivity contribution in [2.45, 2.75) is 13.8 Å². The van der Waals surface area contributed by atoms with Gasteiger partial charge in [0.25, 0.3) is 0 Å². The maximum Gasteiger partial charge on any atom is 0.308 e. The Bertz CT molecular complexity index is 535. The van der Waals surface area contributed by atoms with Gasteiger partial charge in [0.15, 0.2) is 0 Å². The number of benzene rings is 1. The van der Waals surface area contributed by atoms with Crippen LogP contribution < -0.4 is 4.74 Å². The van der Waals surface area contributed by atoms with E-state index in [1.54, 1.807) is 6.20 Å². The predicted molar refractivity (Wildman–Crippen MR) is 65.7 cm³/mol. The number of nitrogens with zero attached hydrogens (tertiary/aromatic N) is 1. The summed E-state index contributed by atoms with van der Waals surface area (Å²) in [5, 5.41) is 0. The SMILES string of the molecule is CC(=O)Oc1cc(C)ccc1-c1ccccn1. The van der Waals surface area contributed by atoms with Crippen molar-refractivity contribution in [3.63, 3.8) is 0 Å². The minimum Gasteiger partial charge on any atom is -0.426 e. The molecule has 0 saturated heterocycles. The Morgan fingerprint density at radius 1 is 1.24 bits per heavy atom. The third-order valence-corrected chi connectivity index (χ3v) is 2.33. The fourth-order valence-corrected chi connectivity index (χ4v) is 1.60. The molecule has 3 heteroatoms. The summed E-state index contributed by atoms with van der Waals surface area (Å²) in [5.74, 6) is 0.226. The number of carbonyl (C=O) groups excluding carboxylic acids is 1. The van der Waals surface area contributed by atoms with Crippen LogP contribution >= 0.6 is 0 Å². The highest BCUT2D eigenvalue weighted by atomic mass is 16.5. The molecule has 0 aliphatic heterocycles. The highest BCUT2D eigenvalue weighted by Gasteiger charge is 2.09.